The number of carbonyl (C=O) groups excluding carboxylic acids is 1. The topological polar surface area (TPSA) is 76.1 Å². The minimum atomic E-state index is -3.03. The molecule has 6 heteroatoms. The standard InChI is InChI=1S/C15H16N2O3S/c18-15(8-12-10-21(19,20)7-6-17-12)14-3-1-2-11-9-16-5-4-13(11)14/h1-5,9,12,17H,6-8,10H2. The normalized spacial score (nSPS) is 21.2. The average Bonchev–Trinajstić information content (AvgIpc) is 2.45. The van der Waals surface area contributed by atoms with Gasteiger partial charge in [0.25, 0.3) is 0 Å². The van der Waals surface area contributed by atoms with Crippen LogP contribution in [0.15, 0.2) is 36.7 Å². The molecule has 1 fully saturated rings. The highest BCUT2D eigenvalue weighted by atomic mass is 32.2. The molecule has 3 rings (SSSR count). The smallest absolute Gasteiger partial charge is 0.165 e. The number of pyridine rings is 1. The first kappa shape index (κ1) is 14.2. The summed E-state index contributed by atoms with van der Waals surface area (Å²) in [6.07, 6.45) is 3.57. The van der Waals surface area contributed by atoms with E-state index >= 15 is 0 Å². The predicted octanol–water partition coefficient (Wildman–Crippen LogP) is 1.19. The Labute approximate surface area is 123 Å². The molecule has 2 heterocycles. The highest BCUT2D eigenvalue weighted by Crippen LogP contribution is 2.20. The van der Waals surface area contributed by atoms with Gasteiger partial charge in [-0.05, 0) is 11.5 Å². The van der Waals surface area contributed by atoms with Crippen molar-refractivity contribution < 1.29 is 13.2 Å². The largest absolute Gasteiger partial charge is 0.312 e. The van der Waals surface area contributed by atoms with Crippen molar-refractivity contribution in [1.82, 2.24) is 10.3 Å². The van der Waals surface area contributed by atoms with Crippen LogP contribution in [0.25, 0.3) is 10.8 Å². The Kier molecular flexibility index (Phi) is 3.73. The first-order chi connectivity index (χ1) is 10.1. The van der Waals surface area contributed by atoms with Crippen molar-refractivity contribution in [3.8, 4) is 0 Å². The second kappa shape index (κ2) is 5.54. The van der Waals surface area contributed by atoms with E-state index in [0.29, 0.717) is 12.1 Å². The van der Waals surface area contributed by atoms with Gasteiger partial charge in [0.15, 0.2) is 15.6 Å². The summed E-state index contributed by atoms with van der Waals surface area (Å²) in [5, 5.41) is 4.88. The van der Waals surface area contributed by atoms with E-state index in [-0.39, 0.29) is 29.8 Å². The molecule has 1 aliphatic rings. The molecule has 1 saturated heterocycles. The van der Waals surface area contributed by atoms with Crippen molar-refractivity contribution in [3.63, 3.8) is 0 Å². The van der Waals surface area contributed by atoms with Crippen molar-refractivity contribution in [3.05, 3.63) is 42.2 Å². The number of hydrogen-bond donors (Lipinski definition) is 1. The Bertz CT molecular complexity index is 781. The maximum atomic E-state index is 12.5. The molecule has 0 bridgehead atoms. The van der Waals surface area contributed by atoms with E-state index in [9.17, 15) is 13.2 Å². The van der Waals surface area contributed by atoms with E-state index in [0.717, 1.165) is 10.8 Å². The summed E-state index contributed by atoms with van der Waals surface area (Å²) < 4.78 is 23.3. The van der Waals surface area contributed by atoms with Crippen LogP contribution in [0.5, 0.6) is 0 Å². The Morgan fingerprint density at radius 1 is 1.33 bits per heavy atom. The van der Waals surface area contributed by atoms with Crippen LogP contribution in [-0.4, -0.2) is 43.3 Å². The third-order valence-corrected chi connectivity index (χ3v) is 5.45. The lowest BCUT2D eigenvalue weighted by molar-refractivity contribution is 0.0973. The number of Topliss-reactive ketones (excluding diaryl/α,β-unsaturated/α-hetero) is 1. The molecule has 1 N–H and O–H groups in total. The molecule has 1 aromatic heterocycles. The fraction of sp³-hybridized carbons (Fsp3) is 0.333. The van der Waals surface area contributed by atoms with E-state index in [1.165, 1.54) is 0 Å². The molecule has 5 nitrogen and oxygen atoms in total. The van der Waals surface area contributed by atoms with Gasteiger partial charge in [-0.2, -0.15) is 0 Å². The summed E-state index contributed by atoms with van der Waals surface area (Å²) in [5.41, 5.74) is 0.625. The van der Waals surface area contributed by atoms with Crippen LogP contribution in [0.2, 0.25) is 0 Å². The van der Waals surface area contributed by atoms with E-state index in [1.807, 2.05) is 18.2 Å². The van der Waals surface area contributed by atoms with Crippen LogP contribution in [0.4, 0.5) is 0 Å². The molecule has 110 valence electrons. The Morgan fingerprint density at radius 2 is 2.19 bits per heavy atom. The quantitative estimate of drug-likeness (QED) is 0.862. The molecule has 1 unspecified atom stereocenters. The zero-order valence-electron chi connectivity index (χ0n) is 11.5. The third kappa shape index (κ3) is 3.11. The number of carbonyl (C=O) groups is 1. The maximum Gasteiger partial charge on any atom is 0.165 e. The van der Waals surface area contributed by atoms with Crippen molar-refractivity contribution >= 4 is 26.4 Å². The Balaban J connectivity index is 1.84. The van der Waals surface area contributed by atoms with E-state index < -0.39 is 9.84 Å². The lowest BCUT2D eigenvalue weighted by Crippen LogP contribution is -2.46. The summed E-state index contributed by atoms with van der Waals surface area (Å²) >= 11 is 0. The molecule has 0 spiro atoms. The van der Waals surface area contributed by atoms with Crippen molar-refractivity contribution in [2.75, 3.05) is 18.1 Å². The van der Waals surface area contributed by atoms with Gasteiger partial charge in [-0.15, -0.1) is 0 Å². The number of nitrogens with one attached hydrogen (secondary N) is 1. The molecular formula is C15H16N2O3S. The number of aromatic nitrogens is 1. The monoisotopic (exact) mass is 304 g/mol. The molecule has 1 aromatic carbocycles. The summed E-state index contributed by atoms with van der Waals surface area (Å²) in [5.74, 6) is 0.143. The van der Waals surface area contributed by atoms with Crippen LogP contribution in [-0.2, 0) is 9.84 Å². The molecule has 0 aliphatic carbocycles. The van der Waals surface area contributed by atoms with E-state index in [1.54, 1.807) is 18.5 Å². The highest BCUT2D eigenvalue weighted by Gasteiger charge is 2.26. The fourth-order valence-corrected chi connectivity index (χ4v) is 4.14. The molecule has 1 atom stereocenters. The molecule has 2 aromatic rings. The van der Waals surface area contributed by atoms with Crippen molar-refractivity contribution in [1.29, 1.82) is 0 Å². The zero-order chi connectivity index (χ0) is 14.9. The number of rotatable bonds is 3. The number of fused-ring (bicyclic) bond motifs is 1. The molecule has 21 heavy (non-hydrogen) atoms. The number of sulfone groups is 1. The third-order valence-electron chi connectivity index (χ3n) is 3.71. The molecule has 0 amide bonds. The SMILES string of the molecule is O=C(CC1CS(=O)(=O)CCN1)c1cccc2cnccc12. The number of hydrogen-bond acceptors (Lipinski definition) is 5. The number of ketones is 1. The summed E-state index contributed by atoms with van der Waals surface area (Å²) in [4.78, 5) is 16.5. The molecular weight excluding hydrogens is 288 g/mol. The van der Waals surface area contributed by atoms with Crippen molar-refractivity contribution in [2.45, 2.75) is 12.5 Å². The summed E-state index contributed by atoms with van der Waals surface area (Å²) in [6, 6.07) is 7.02. The van der Waals surface area contributed by atoms with Gasteiger partial charge in [0.05, 0.1) is 11.5 Å². The van der Waals surface area contributed by atoms with Gasteiger partial charge >= 0.3 is 0 Å². The van der Waals surface area contributed by atoms with Crippen LogP contribution < -0.4 is 5.32 Å². The van der Waals surface area contributed by atoms with E-state index in [2.05, 4.69) is 10.3 Å². The molecule has 1 aliphatic heterocycles. The first-order valence-electron chi connectivity index (χ1n) is 6.85. The Morgan fingerprint density at radius 3 is 3.00 bits per heavy atom. The van der Waals surface area contributed by atoms with Gasteiger partial charge < -0.3 is 5.32 Å². The average molecular weight is 304 g/mol. The van der Waals surface area contributed by atoms with Gasteiger partial charge in [0.1, 0.15) is 0 Å². The van der Waals surface area contributed by atoms with Gasteiger partial charge in [-0.25, -0.2) is 8.42 Å². The van der Waals surface area contributed by atoms with Crippen LogP contribution >= 0.6 is 0 Å². The molecule has 0 saturated carbocycles. The predicted molar refractivity (Wildman–Crippen MR) is 81.1 cm³/mol. The van der Waals surface area contributed by atoms with Gasteiger partial charge in [0.2, 0.25) is 0 Å². The summed E-state index contributed by atoms with van der Waals surface area (Å²) in [7, 11) is -3.03. The number of benzene rings is 1. The number of nitrogens with zero attached hydrogens (tertiary/aromatic N) is 1. The molecule has 0 radical (unpaired) electrons. The summed E-state index contributed by atoms with van der Waals surface area (Å²) in [6.45, 7) is 0.416. The van der Waals surface area contributed by atoms with E-state index in [4.69, 9.17) is 0 Å². The second-order valence-corrected chi connectivity index (χ2v) is 7.52. The van der Waals surface area contributed by atoms with Crippen LogP contribution in [0.1, 0.15) is 16.8 Å². The van der Waals surface area contributed by atoms with Crippen LogP contribution in [0, 0.1) is 0 Å². The minimum absolute atomic E-state index is 0.0328. The van der Waals surface area contributed by atoms with Crippen molar-refractivity contribution in [2.24, 2.45) is 0 Å². The highest BCUT2D eigenvalue weighted by molar-refractivity contribution is 7.91. The maximum absolute atomic E-state index is 12.5. The minimum Gasteiger partial charge on any atom is -0.312 e. The fourth-order valence-electron chi connectivity index (χ4n) is 2.70. The van der Waals surface area contributed by atoms with Gasteiger partial charge in [0, 0.05) is 42.4 Å². The first-order valence-corrected chi connectivity index (χ1v) is 8.67. The second-order valence-electron chi connectivity index (χ2n) is 5.30. The zero-order valence-corrected chi connectivity index (χ0v) is 12.3. The van der Waals surface area contributed by atoms with Gasteiger partial charge in [-0.1, -0.05) is 18.2 Å². The lowest BCUT2D eigenvalue weighted by Gasteiger charge is -2.23. The van der Waals surface area contributed by atoms with Gasteiger partial charge in [-0.3, -0.25) is 9.78 Å². The van der Waals surface area contributed by atoms with Crippen LogP contribution in [0.3, 0.4) is 0 Å². The lowest BCUT2D eigenvalue weighted by atomic mass is 9.99. The Hall–Kier alpha value is -1.79.